The largest absolute Gasteiger partial charge is 0.384 e. The molecule has 1 aromatic carbocycles. The van der Waals surface area contributed by atoms with Crippen molar-refractivity contribution in [3.8, 4) is 23.7 Å². The van der Waals surface area contributed by atoms with E-state index in [1.165, 1.54) is 12.2 Å². The van der Waals surface area contributed by atoms with Gasteiger partial charge in [0.25, 0.3) is 0 Å². The van der Waals surface area contributed by atoms with Crippen molar-refractivity contribution in [1.82, 2.24) is 4.72 Å². The van der Waals surface area contributed by atoms with Crippen LogP contribution in [-0.2, 0) is 10.0 Å². The van der Waals surface area contributed by atoms with E-state index in [1.54, 1.807) is 24.3 Å². The molecule has 0 aliphatic rings. The molecule has 0 unspecified atom stereocenters. The predicted molar refractivity (Wildman–Crippen MR) is 78.1 cm³/mol. The zero-order valence-electron chi connectivity index (χ0n) is 11.1. The number of aryl methyl sites for hydroxylation is 1. The van der Waals surface area contributed by atoms with Gasteiger partial charge in [0.1, 0.15) is 6.61 Å². The topological polar surface area (TPSA) is 66.4 Å². The van der Waals surface area contributed by atoms with Gasteiger partial charge in [0.15, 0.2) is 0 Å². The molecule has 20 heavy (non-hydrogen) atoms. The number of rotatable bonds is 3. The SMILES string of the molecule is Cc1ccc(S(=O)(=O)NCC#C/C=C\C#CCO)cc1. The Bertz CT molecular complexity index is 681. The molecule has 1 rings (SSSR count). The summed E-state index contributed by atoms with van der Waals surface area (Å²) in [7, 11) is -3.52. The van der Waals surface area contributed by atoms with Gasteiger partial charge in [-0.05, 0) is 31.2 Å². The molecule has 0 amide bonds. The molecule has 0 aliphatic carbocycles. The molecule has 0 spiro atoms. The highest BCUT2D eigenvalue weighted by Gasteiger charge is 2.11. The smallest absolute Gasteiger partial charge is 0.241 e. The van der Waals surface area contributed by atoms with E-state index in [2.05, 4.69) is 28.4 Å². The van der Waals surface area contributed by atoms with Crippen LogP contribution in [0.3, 0.4) is 0 Å². The van der Waals surface area contributed by atoms with E-state index in [0.29, 0.717) is 0 Å². The molecular formula is C15H15NO3S. The van der Waals surface area contributed by atoms with E-state index in [4.69, 9.17) is 5.11 Å². The Labute approximate surface area is 119 Å². The number of aliphatic hydroxyl groups excluding tert-OH is 1. The first-order chi connectivity index (χ1) is 9.56. The van der Waals surface area contributed by atoms with Crippen LogP contribution in [0.2, 0.25) is 0 Å². The Kier molecular flexibility index (Phi) is 6.55. The lowest BCUT2D eigenvalue weighted by atomic mass is 10.2. The monoisotopic (exact) mass is 289 g/mol. The van der Waals surface area contributed by atoms with E-state index in [0.717, 1.165) is 5.56 Å². The predicted octanol–water partition coefficient (Wildman–Crippen LogP) is 0.829. The molecule has 0 bridgehead atoms. The molecule has 0 aromatic heterocycles. The number of hydrogen-bond donors (Lipinski definition) is 2. The minimum atomic E-state index is -3.52. The molecule has 104 valence electrons. The third-order valence-corrected chi connectivity index (χ3v) is 3.63. The number of nitrogens with one attached hydrogen (secondary N) is 1. The molecule has 5 heteroatoms. The fourth-order valence-electron chi connectivity index (χ4n) is 1.23. The van der Waals surface area contributed by atoms with E-state index < -0.39 is 10.0 Å². The fraction of sp³-hybridized carbons (Fsp3) is 0.200. The van der Waals surface area contributed by atoms with Crippen molar-refractivity contribution in [2.45, 2.75) is 11.8 Å². The van der Waals surface area contributed by atoms with E-state index in [-0.39, 0.29) is 18.0 Å². The maximum atomic E-state index is 11.9. The third kappa shape index (κ3) is 5.73. The summed E-state index contributed by atoms with van der Waals surface area (Å²) in [5.41, 5.74) is 0.998. The van der Waals surface area contributed by atoms with Gasteiger partial charge in [-0.15, -0.1) is 0 Å². The molecule has 0 saturated carbocycles. The van der Waals surface area contributed by atoms with Gasteiger partial charge in [0, 0.05) is 0 Å². The van der Waals surface area contributed by atoms with Crippen LogP contribution in [0.25, 0.3) is 0 Å². The second-order valence-electron chi connectivity index (χ2n) is 3.77. The quantitative estimate of drug-likeness (QED) is 0.810. The van der Waals surface area contributed by atoms with Crippen LogP contribution < -0.4 is 4.72 Å². The van der Waals surface area contributed by atoms with Gasteiger partial charge in [-0.25, -0.2) is 8.42 Å². The standard InChI is InChI=1S/C15H15NO3S/c1-14-8-10-15(11-9-14)20(18,19)16-12-6-4-2-3-5-7-13-17/h2-3,8-11,16-17H,12-13H2,1H3/b3-2-. The van der Waals surface area contributed by atoms with Gasteiger partial charge in [0.2, 0.25) is 10.0 Å². The molecule has 0 atom stereocenters. The van der Waals surface area contributed by atoms with Crippen LogP contribution in [0.4, 0.5) is 0 Å². The molecule has 0 fully saturated rings. The molecule has 4 nitrogen and oxygen atoms in total. The summed E-state index contributed by atoms with van der Waals surface area (Å²) in [5.74, 6) is 10.3. The Morgan fingerprint density at radius 3 is 2.35 bits per heavy atom. The molecule has 2 N–H and O–H groups in total. The van der Waals surface area contributed by atoms with E-state index in [1.807, 2.05) is 6.92 Å². The highest BCUT2D eigenvalue weighted by molar-refractivity contribution is 7.89. The number of benzene rings is 1. The highest BCUT2D eigenvalue weighted by atomic mass is 32.2. The van der Waals surface area contributed by atoms with Crippen molar-refractivity contribution in [3.63, 3.8) is 0 Å². The van der Waals surface area contributed by atoms with Crippen molar-refractivity contribution in [2.75, 3.05) is 13.2 Å². The van der Waals surface area contributed by atoms with Crippen LogP contribution in [0.1, 0.15) is 5.56 Å². The number of hydrogen-bond acceptors (Lipinski definition) is 3. The maximum absolute atomic E-state index is 11.9. The van der Waals surface area contributed by atoms with Crippen molar-refractivity contribution in [2.24, 2.45) is 0 Å². The number of sulfonamides is 1. The third-order valence-electron chi connectivity index (χ3n) is 2.22. The molecule has 0 radical (unpaired) electrons. The molecule has 0 heterocycles. The van der Waals surface area contributed by atoms with E-state index in [9.17, 15) is 8.42 Å². The first-order valence-electron chi connectivity index (χ1n) is 5.85. The highest BCUT2D eigenvalue weighted by Crippen LogP contribution is 2.09. The Morgan fingerprint density at radius 2 is 1.75 bits per heavy atom. The van der Waals surface area contributed by atoms with Crippen molar-refractivity contribution in [3.05, 3.63) is 42.0 Å². The van der Waals surface area contributed by atoms with Crippen molar-refractivity contribution in [1.29, 1.82) is 0 Å². The van der Waals surface area contributed by atoms with Gasteiger partial charge in [-0.2, -0.15) is 4.72 Å². The zero-order chi connectivity index (χ0) is 14.8. The zero-order valence-corrected chi connectivity index (χ0v) is 11.9. The van der Waals surface area contributed by atoms with Gasteiger partial charge in [-0.3, -0.25) is 0 Å². The summed E-state index contributed by atoms with van der Waals surface area (Å²) in [6.07, 6.45) is 2.97. The lowest BCUT2D eigenvalue weighted by molar-refractivity contribution is 0.350. The first kappa shape index (κ1) is 16.0. The second kappa shape index (κ2) is 8.19. The number of allylic oxidation sites excluding steroid dienone is 2. The summed E-state index contributed by atoms with van der Waals surface area (Å²) >= 11 is 0. The average Bonchev–Trinajstić information content (AvgIpc) is 2.42. The molecular weight excluding hydrogens is 274 g/mol. The van der Waals surface area contributed by atoms with Gasteiger partial charge >= 0.3 is 0 Å². The van der Waals surface area contributed by atoms with Crippen molar-refractivity contribution < 1.29 is 13.5 Å². The number of aliphatic hydroxyl groups is 1. The minimum Gasteiger partial charge on any atom is -0.384 e. The summed E-state index contributed by atoms with van der Waals surface area (Å²) in [6, 6.07) is 6.58. The summed E-state index contributed by atoms with van der Waals surface area (Å²) in [4.78, 5) is 0.217. The fourth-order valence-corrected chi connectivity index (χ4v) is 2.15. The minimum absolute atomic E-state index is 0.0218. The first-order valence-corrected chi connectivity index (χ1v) is 7.33. The lowest BCUT2D eigenvalue weighted by Gasteiger charge is -2.03. The normalized spacial score (nSPS) is 10.5. The van der Waals surface area contributed by atoms with Crippen LogP contribution in [0.15, 0.2) is 41.3 Å². The van der Waals surface area contributed by atoms with Crippen LogP contribution >= 0.6 is 0 Å². The molecule has 1 aromatic rings. The lowest BCUT2D eigenvalue weighted by Crippen LogP contribution is -2.23. The van der Waals surface area contributed by atoms with Gasteiger partial charge < -0.3 is 5.11 Å². The van der Waals surface area contributed by atoms with Gasteiger partial charge in [0.05, 0.1) is 11.4 Å². The Hall–Kier alpha value is -2.05. The van der Waals surface area contributed by atoms with Crippen LogP contribution in [0, 0.1) is 30.6 Å². The Balaban J connectivity index is 2.55. The van der Waals surface area contributed by atoms with E-state index >= 15 is 0 Å². The summed E-state index contributed by atoms with van der Waals surface area (Å²) < 4.78 is 26.1. The van der Waals surface area contributed by atoms with Gasteiger partial charge in [-0.1, -0.05) is 41.4 Å². The molecule has 0 saturated heterocycles. The van der Waals surface area contributed by atoms with Crippen LogP contribution in [-0.4, -0.2) is 26.7 Å². The molecule has 0 aliphatic heterocycles. The Morgan fingerprint density at radius 1 is 1.15 bits per heavy atom. The maximum Gasteiger partial charge on any atom is 0.241 e. The van der Waals surface area contributed by atoms with Crippen LogP contribution in [0.5, 0.6) is 0 Å². The summed E-state index contributed by atoms with van der Waals surface area (Å²) in [6.45, 7) is 1.71. The van der Waals surface area contributed by atoms with Crippen molar-refractivity contribution >= 4 is 10.0 Å². The second-order valence-corrected chi connectivity index (χ2v) is 5.54. The summed E-state index contributed by atoms with van der Waals surface area (Å²) in [5, 5.41) is 8.40. The average molecular weight is 289 g/mol.